The highest BCUT2D eigenvalue weighted by Crippen LogP contribution is 2.39. The van der Waals surface area contributed by atoms with E-state index in [1.165, 1.54) is 20.8 Å². The van der Waals surface area contributed by atoms with Gasteiger partial charge in [-0.15, -0.1) is 0 Å². The summed E-state index contributed by atoms with van der Waals surface area (Å²) in [5, 5.41) is 11.0. The second-order valence-corrected chi connectivity index (χ2v) is 11.8. The van der Waals surface area contributed by atoms with E-state index < -0.39 is 26.8 Å². The minimum atomic E-state index is -3.86. The van der Waals surface area contributed by atoms with E-state index in [4.69, 9.17) is 4.74 Å². The fourth-order valence-corrected chi connectivity index (χ4v) is 4.49. The summed E-state index contributed by atoms with van der Waals surface area (Å²) in [6, 6.07) is 17.9. The number of aliphatic hydroxyl groups is 1. The number of aromatic nitrogens is 1. The van der Waals surface area contributed by atoms with Gasteiger partial charge in [0, 0.05) is 28.9 Å². The Bertz CT molecular complexity index is 1300. The summed E-state index contributed by atoms with van der Waals surface area (Å²) in [6.45, 7) is 4.92. The predicted octanol–water partition coefficient (Wildman–Crippen LogP) is 3.89. The first kappa shape index (κ1) is 23.9. The molecular formula is C26H28N2O5S. The third-order valence-corrected chi connectivity index (χ3v) is 8.01. The van der Waals surface area contributed by atoms with Crippen LogP contribution in [0.1, 0.15) is 48.5 Å². The van der Waals surface area contributed by atoms with E-state index in [2.05, 4.69) is 9.71 Å². The maximum Gasteiger partial charge on any atom is 0.265 e. The van der Waals surface area contributed by atoms with Crippen LogP contribution in [0.3, 0.4) is 0 Å². The van der Waals surface area contributed by atoms with Gasteiger partial charge in [0.25, 0.3) is 5.91 Å². The number of amides is 1. The molecule has 0 saturated carbocycles. The molecule has 1 amide bonds. The number of carbonyl (C=O) groups excluding carboxylic acids is 1. The molecule has 0 fully saturated rings. The fourth-order valence-electron chi connectivity index (χ4n) is 3.83. The number of hydrogen-bond acceptors (Lipinski definition) is 6. The summed E-state index contributed by atoms with van der Waals surface area (Å²) in [6.07, 6.45) is 1.61. The van der Waals surface area contributed by atoms with Crippen LogP contribution in [0.5, 0.6) is 5.75 Å². The van der Waals surface area contributed by atoms with Gasteiger partial charge in [-0.2, -0.15) is 0 Å². The van der Waals surface area contributed by atoms with Gasteiger partial charge in [0.1, 0.15) is 5.75 Å². The maximum absolute atomic E-state index is 12.9. The molecule has 178 valence electrons. The number of nitrogens with one attached hydrogen (secondary N) is 1. The Kier molecular flexibility index (Phi) is 6.47. The van der Waals surface area contributed by atoms with Crippen molar-refractivity contribution in [2.24, 2.45) is 5.92 Å². The number of hydrogen-bond donors (Lipinski definition) is 2. The SMILES string of the molecule is CC(C)(C)S(=O)(=O)NC(=O)c1ccccc1-c1ccc2c(c1)OC[C@@H](Cc1ccccn1)[C@@H]2O. The van der Waals surface area contributed by atoms with Crippen LogP contribution in [-0.4, -0.2) is 35.8 Å². The Labute approximate surface area is 199 Å². The highest BCUT2D eigenvalue weighted by molar-refractivity contribution is 7.91. The highest BCUT2D eigenvalue weighted by atomic mass is 32.2. The highest BCUT2D eigenvalue weighted by Gasteiger charge is 2.32. The molecule has 0 radical (unpaired) electrons. The van der Waals surface area contributed by atoms with E-state index in [1.807, 2.05) is 18.2 Å². The smallest absolute Gasteiger partial charge is 0.265 e. The van der Waals surface area contributed by atoms with Gasteiger partial charge in [0.05, 0.1) is 17.5 Å². The number of fused-ring (bicyclic) bond motifs is 1. The van der Waals surface area contributed by atoms with E-state index >= 15 is 0 Å². The lowest BCUT2D eigenvalue weighted by atomic mass is 9.88. The van der Waals surface area contributed by atoms with E-state index in [1.54, 1.807) is 48.7 Å². The topological polar surface area (TPSA) is 106 Å². The zero-order valence-electron chi connectivity index (χ0n) is 19.4. The Hall–Kier alpha value is -3.23. The van der Waals surface area contributed by atoms with Crippen LogP contribution in [0.25, 0.3) is 11.1 Å². The molecule has 7 nitrogen and oxygen atoms in total. The van der Waals surface area contributed by atoms with E-state index in [0.29, 0.717) is 35.5 Å². The number of benzene rings is 2. The normalized spacial score (nSPS) is 18.0. The number of ether oxygens (including phenoxy) is 1. The van der Waals surface area contributed by atoms with E-state index in [9.17, 15) is 18.3 Å². The third kappa shape index (κ3) is 4.83. The number of rotatable bonds is 5. The molecule has 0 bridgehead atoms. The predicted molar refractivity (Wildman–Crippen MR) is 130 cm³/mol. The second kappa shape index (κ2) is 9.19. The minimum Gasteiger partial charge on any atom is -0.493 e. The lowest BCUT2D eigenvalue weighted by Gasteiger charge is -2.30. The van der Waals surface area contributed by atoms with Gasteiger partial charge in [-0.1, -0.05) is 36.4 Å². The monoisotopic (exact) mass is 480 g/mol. The van der Waals surface area contributed by atoms with Crippen LogP contribution in [-0.2, 0) is 16.4 Å². The molecule has 2 N–H and O–H groups in total. The Morgan fingerprint density at radius 2 is 1.85 bits per heavy atom. The second-order valence-electron chi connectivity index (χ2n) is 9.39. The molecule has 0 spiro atoms. The number of nitrogens with zero attached hydrogens (tertiary/aromatic N) is 1. The van der Waals surface area contributed by atoms with Crippen molar-refractivity contribution in [3.05, 3.63) is 83.7 Å². The lowest BCUT2D eigenvalue weighted by Crippen LogP contribution is -2.42. The average Bonchev–Trinajstić information content (AvgIpc) is 2.80. The summed E-state index contributed by atoms with van der Waals surface area (Å²) >= 11 is 0. The minimum absolute atomic E-state index is 0.131. The summed E-state index contributed by atoms with van der Waals surface area (Å²) in [5.41, 5.74) is 3.06. The van der Waals surface area contributed by atoms with Crippen molar-refractivity contribution in [1.29, 1.82) is 0 Å². The molecule has 0 saturated heterocycles. The average molecular weight is 481 g/mol. The zero-order chi connectivity index (χ0) is 24.5. The molecule has 2 atom stereocenters. The quantitative estimate of drug-likeness (QED) is 0.574. The van der Waals surface area contributed by atoms with Crippen molar-refractivity contribution >= 4 is 15.9 Å². The van der Waals surface area contributed by atoms with Crippen molar-refractivity contribution in [3.8, 4) is 16.9 Å². The van der Waals surface area contributed by atoms with Gasteiger partial charge >= 0.3 is 0 Å². The Morgan fingerprint density at radius 1 is 1.12 bits per heavy atom. The molecule has 3 aromatic rings. The van der Waals surface area contributed by atoms with Crippen molar-refractivity contribution in [3.63, 3.8) is 0 Å². The molecule has 4 rings (SSSR count). The van der Waals surface area contributed by atoms with Crippen molar-refractivity contribution in [1.82, 2.24) is 9.71 Å². The maximum atomic E-state index is 12.9. The van der Waals surface area contributed by atoms with Crippen LogP contribution in [0.15, 0.2) is 66.9 Å². The number of pyridine rings is 1. The molecule has 2 heterocycles. The lowest BCUT2D eigenvalue weighted by molar-refractivity contribution is 0.0503. The van der Waals surface area contributed by atoms with Crippen LogP contribution in [0.2, 0.25) is 0 Å². The molecule has 2 aromatic carbocycles. The van der Waals surface area contributed by atoms with Crippen LogP contribution >= 0.6 is 0 Å². The molecule has 34 heavy (non-hydrogen) atoms. The molecule has 1 aromatic heterocycles. The third-order valence-electron chi connectivity index (χ3n) is 5.95. The first-order valence-corrected chi connectivity index (χ1v) is 12.6. The van der Waals surface area contributed by atoms with Crippen molar-refractivity contribution in [2.75, 3.05) is 6.61 Å². The molecular weight excluding hydrogens is 452 g/mol. The van der Waals surface area contributed by atoms with Crippen LogP contribution in [0.4, 0.5) is 0 Å². The molecule has 0 unspecified atom stereocenters. The first-order chi connectivity index (χ1) is 16.1. The van der Waals surface area contributed by atoms with Gasteiger partial charge in [0.15, 0.2) is 0 Å². The molecule has 0 aliphatic carbocycles. The number of sulfonamides is 1. The largest absolute Gasteiger partial charge is 0.493 e. The van der Waals surface area contributed by atoms with Gasteiger partial charge in [0.2, 0.25) is 10.0 Å². The van der Waals surface area contributed by atoms with Crippen LogP contribution < -0.4 is 9.46 Å². The summed E-state index contributed by atoms with van der Waals surface area (Å²) in [4.78, 5) is 17.2. The van der Waals surface area contributed by atoms with Gasteiger partial charge in [-0.05, 0) is 62.6 Å². The van der Waals surface area contributed by atoms with Crippen LogP contribution in [0, 0.1) is 5.92 Å². The fraction of sp³-hybridized carbons (Fsp3) is 0.308. The Balaban J connectivity index is 1.60. The standard InChI is InChI=1S/C26H28N2O5S/c1-26(2,3)34(31,32)28-25(30)21-10-5-4-9-20(21)17-11-12-22-23(15-17)33-16-18(24(22)29)14-19-8-6-7-13-27-19/h4-13,15,18,24,29H,14,16H2,1-3H3,(H,28,30)/t18-,24+/m1/s1. The summed E-state index contributed by atoms with van der Waals surface area (Å²) < 4.78 is 32.0. The Morgan fingerprint density at radius 3 is 2.56 bits per heavy atom. The van der Waals surface area contributed by atoms with Gasteiger partial charge < -0.3 is 9.84 Å². The molecule has 8 heteroatoms. The van der Waals surface area contributed by atoms with Gasteiger partial charge in [-0.25, -0.2) is 13.1 Å². The van der Waals surface area contributed by atoms with Gasteiger partial charge in [-0.3, -0.25) is 9.78 Å². The van der Waals surface area contributed by atoms with E-state index in [-0.39, 0.29) is 11.5 Å². The van der Waals surface area contributed by atoms with Crippen molar-refractivity contribution < 1.29 is 23.1 Å². The number of aliphatic hydroxyl groups excluding tert-OH is 1. The van der Waals surface area contributed by atoms with E-state index in [0.717, 1.165) is 5.69 Å². The molecule has 1 aliphatic rings. The first-order valence-electron chi connectivity index (χ1n) is 11.1. The zero-order valence-corrected chi connectivity index (χ0v) is 20.2. The summed E-state index contributed by atoms with van der Waals surface area (Å²) in [5.74, 6) is -0.284. The number of carbonyl (C=O) groups is 1. The molecule has 1 aliphatic heterocycles. The van der Waals surface area contributed by atoms with Crippen molar-refractivity contribution in [2.45, 2.75) is 38.0 Å². The summed E-state index contributed by atoms with van der Waals surface area (Å²) in [7, 11) is -3.86.